The molecular formula is C17H16Cl2N2O2S. The number of nitrogens with one attached hydrogen (secondary N) is 2. The summed E-state index contributed by atoms with van der Waals surface area (Å²) >= 11 is 12.9. The molecule has 2 amide bonds. The smallest absolute Gasteiger partial charge is 0.234 e. The predicted molar refractivity (Wildman–Crippen MR) is 102 cm³/mol. The maximum Gasteiger partial charge on any atom is 0.234 e. The Morgan fingerprint density at radius 1 is 0.917 bits per heavy atom. The van der Waals surface area contributed by atoms with Gasteiger partial charge in [-0.25, -0.2) is 0 Å². The fourth-order valence-corrected chi connectivity index (χ4v) is 2.80. The third-order valence-corrected chi connectivity index (χ3v) is 4.49. The van der Waals surface area contributed by atoms with Crippen molar-refractivity contribution in [3.63, 3.8) is 0 Å². The number of amides is 2. The monoisotopic (exact) mass is 382 g/mol. The van der Waals surface area contributed by atoms with Crippen LogP contribution in [0.2, 0.25) is 10.0 Å². The number of hydrogen-bond donors (Lipinski definition) is 2. The Bertz CT molecular complexity index is 736. The average Bonchev–Trinajstić information content (AvgIpc) is 2.53. The zero-order valence-corrected chi connectivity index (χ0v) is 15.3. The molecule has 0 atom stereocenters. The van der Waals surface area contributed by atoms with E-state index in [1.165, 1.54) is 11.8 Å². The summed E-state index contributed by atoms with van der Waals surface area (Å²) in [6, 6.07) is 12.1. The Morgan fingerprint density at radius 3 is 2.17 bits per heavy atom. The second-order valence-corrected chi connectivity index (χ2v) is 6.91. The van der Waals surface area contributed by atoms with Gasteiger partial charge in [-0.1, -0.05) is 29.3 Å². The lowest BCUT2D eigenvalue weighted by Gasteiger charge is -2.09. The molecule has 2 aromatic carbocycles. The molecule has 2 aromatic rings. The van der Waals surface area contributed by atoms with Crippen molar-refractivity contribution in [2.45, 2.75) is 6.92 Å². The molecule has 0 fully saturated rings. The highest BCUT2D eigenvalue weighted by Crippen LogP contribution is 2.20. The number of halogens is 2. The Morgan fingerprint density at radius 2 is 1.50 bits per heavy atom. The standard InChI is InChI=1S/C17H16Cl2N2O2S/c1-11-2-3-13(19)8-15(11)21-17(23)10-24-9-16(22)20-14-6-4-12(18)5-7-14/h2-8H,9-10H2,1H3,(H,20,22)(H,21,23). The number of aryl methyl sites for hydroxylation is 1. The zero-order chi connectivity index (χ0) is 17.5. The molecule has 0 bridgehead atoms. The van der Waals surface area contributed by atoms with Crippen molar-refractivity contribution in [1.29, 1.82) is 0 Å². The lowest BCUT2D eigenvalue weighted by Crippen LogP contribution is -2.18. The van der Waals surface area contributed by atoms with Crippen molar-refractivity contribution in [3.05, 3.63) is 58.1 Å². The molecular weight excluding hydrogens is 367 g/mol. The SMILES string of the molecule is Cc1ccc(Cl)cc1NC(=O)CSCC(=O)Nc1ccc(Cl)cc1. The third-order valence-electron chi connectivity index (χ3n) is 3.07. The van der Waals surface area contributed by atoms with Crippen LogP contribution >= 0.6 is 35.0 Å². The maximum absolute atomic E-state index is 11.9. The molecule has 4 nitrogen and oxygen atoms in total. The molecule has 0 saturated carbocycles. The topological polar surface area (TPSA) is 58.2 Å². The van der Waals surface area contributed by atoms with Crippen molar-refractivity contribution in [2.24, 2.45) is 0 Å². The molecule has 0 saturated heterocycles. The van der Waals surface area contributed by atoms with Gasteiger partial charge in [-0.3, -0.25) is 9.59 Å². The van der Waals surface area contributed by atoms with Crippen LogP contribution in [0.1, 0.15) is 5.56 Å². The van der Waals surface area contributed by atoms with Crippen LogP contribution in [0.5, 0.6) is 0 Å². The molecule has 2 N–H and O–H groups in total. The van der Waals surface area contributed by atoms with E-state index in [0.717, 1.165) is 5.56 Å². The Labute approximate surface area is 154 Å². The highest BCUT2D eigenvalue weighted by Gasteiger charge is 2.08. The van der Waals surface area contributed by atoms with Crippen LogP contribution < -0.4 is 10.6 Å². The number of anilines is 2. The largest absolute Gasteiger partial charge is 0.325 e. The van der Waals surface area contributed by atoms with Gasteiger partial charge in [0.15, 0.2) is 0 Å². The van der Waals surface area contributed by atoms with Crippen molar-refractivity contribution < 1.29 is 9.59 Å². The van der Waals surface area contributed by atoms with Crippen LogP contribution in [0.4, 0.5) is 11.4 Å². The van der Waals surface area contributed by atoms with Crippen molar-refractivity contribution >= 4 is 58.2 Å². The van der Waals surface area contributed by atoms with Crippen LogP contribution in [-0.2, 0) is 9.59 Å². The van der Waals surface area contributed by atoms with E-state index in [1.807, 2.05) is 13.0 Å². The van der Waals surface area contributed by atoms with E-state index in [2.05, 4.69) is 10.6 Å². The summed E-state index contributed by atoms with van der Waals surface area (Å²) in [4.78, 5) is 23.8. The minimum atomic E-state index is -0.176. The number of hydrogen-bond acceptors (Lipinski definition) is 3. The van der Waals surface area contributed by atoms with Gasteiger partial charge in [0, 0.05) is 21.4 Å². The van der Waals surface area contributed by atoms with Crippen molar-refractivity contribution in [3.8, 4) is 0 Å². The minimum Gasteiger partial charge on any atom is -0.325 e. The molecule has 0 aliphatic heterocycles. The molecule has 0 aliphatic rings. The van der Waals surface area contributed by atoms with E-state index in [0.29, 0.717) is 21.4 Å². The first-order chi connectivity index (χ1) is 11.4. The summed E-state index contributed by atoms with van der Waals surface area (Å²) in [6.45, 7) is 1.89. The zero-order valence-electron chi connectivity index (χ0n) is 12.9. The highest BCUT2D eigenvalue weighted by atomic mass is 35.5. The number of benzene rings is 2. The minimum absolute atomic E-state index is 0.172. The first-order valence-electron chi connectivity index (χ1n) is 7.13. The van der Waals surface area contributed by atoms with Gasteiger partial charge in [-0.2, -0.15) is 0 Å². The van der Waals surface area contributed by atoms with Gasteiger partial charge in [0.2, 0.25) is 11.8 Å². The average molecular weight is 383 g/mol. The summed E-state index contributed by atoms with van der Waals surface area (Å²) in [7, 11) is 0. The van der Waals surface area contributed by atoms with Crippen LogP contribution in [-0.4, -0.2) is 23.3 Å². The Kier molecular flexibility index (Phi) is 6.97. The van der Waals surface area contributed by atoms with E-state index in [4.69, 9.17) is 23.2 Å². The highest BCUT2D eigenvalue weighted by molar-refractivity contribution is 8.00. The van der Waals surface area contributed by atoms with Crippen LogP contribution in [0.3, 0.4) is 0 Å². The lowest BCUT2D eigenvalue weighted by molar-refractivity contribution is -0.114. The molecule has 0 heterocycles. The number of thioether (sulfide) groups is 1. The summed E-state index contributed by atoms with van der Waals surface area (Å²) in [5.74, 6) is 0.0172. The third kappa shape index (κ3) is 6.07. The summed E-state index contributed by atoms with van der Waals surface area (Å²) in [5, 5.41) is 6.70. The van der Waals surface area contributed by atoms with E-state index in [-0.39, 0.29) is 23.3 Å². The molecule has 0 spiro atoms. The summed E-state index contributed by atoms with van der Waals surface area (Å²) < 4.78 is 0. The fraction of sp³-hybridized carbons (Fsp3) is 0.176. The molecule has 0 aliphatic carbocycles. The van der Waals surface area contributed by atoms with Gasteiger partial charge in [0.1, 0.15) is 0 Å². The molecule has 2 rings (SSSR count). The molecule has 0 radical (unpaired) electrons. The van der Waals surface area contributed by atoms with E-state index in [1.54, 1.807) is 36.4 Å². The normalized spacial score (nSPS) is 10.3. The van der Waals surface area contributed by atoms with Gasteiger partial charge in [-0.15, -0.1) is 11.8 Å². The fourth-order valence-electron chi connectivity index (χ4n) is 1.88. The van der Waals surface area contributed by atoms with Crippen molar-refractivity contribution in [2.75, 3.05) is 22.1 Å². The quantitative estimate of drug-likeness (QED) is 0.766. The Balaban J connectivity index is 1.75. The molecule has 7 heteroatoms. The molecule has 126 valence electrons. The van der Waals surface area contributed by atoms with Crippen LogP contribution in [0.25, 0.3) is 0 Å². The Hall–Kier alpha value is -1.69. The first-order valence-corrected chi connectivity index (χ1v) is 9.04. The second-order valence-electron chi connectivity index (χ2n) is 5.06. The summed E-state index contributed by atoms with van der Waals surface area (Å²) in [5.41, 5.74) is 2.28. The number of rotatable bonds is 6. The van der Waals surface area contributed by atoms with E-state index in [9.17, 15) is 9.59 Å². The van der Waals surface area contributed by atoms with Gasteiger partial charge < -0.3 is 10.6 Å². The maximum atomic E-state index is 11.9. The van der Waals surface area contributed by atoms with Crippen LogP contribution in [0.15, 0.2) is 42.5 Å². The van der Waals surface area contributed by atoms with Gasteiger partial charge in [0.25, 0.3) is 0 Å². The number of carbonyl (C=O) groups excluding carboxylic acids is 2. The van der Waals surface area contributed by atoms with Crippen molar-refractivity contribution in [1.82, 2.24) is 0 Å². The first kappa shape index (κ1) is 18.6. The predicted octanol–water partition coefficient (Wildman–Crippen LogP) is 4.61. The van der Waals surface area contributed by atoms with Gasteiger partial charge in [0.05, 0.1) is 11.5 Å². The van der Waals surface area contributed by atoms with Crippen LogP contribution in [0, 0.1) is 6.92 Å². The van der Waals surface area contributed by atoms with Gasteiger partial charge in [-0.05, 0) is 48.9 Å². The molecule has 24 heavy (non-hydrogen) atoms. The van der Waals surface area contributed by atoms with Gasteiger partial charge >= 0.3 is 0 Å². The molecule has 0 aromatic heterocycles. The number of carbonyl (C=O) groups is 2. The van der Waals surface area contributed by atoms with E-state index >= 15 is 0 Å². The summed E-state index contributed by atoms with van der Waals surface area (Å²) in [6.07, 6.45) is 0. The second kappa shape index (κ2) is 8.97. The lowest BCUT2D eigenvalue weighted by atomic mass is 10.2. The molecule has 0 unspecified atom stereocenters. The van der Waals surface area contributed by atoms with E-state index < -0.39 is 0 Å².